The highest BCUT2D eigenvalue weighted by Gasteiger charge is 2.16. The summed E-state index contributed by atoms with van der Waals surface area (Å²) in [6.45, 7) is 5.35. The molecule has 0 fully saturated rings. The van der Waals surface area contributed by atoms with Gasteiger partial charge in [0.25, 0.3) is 0 Å². The number of hydrogen-bond donors (Lipinski definition) is 3. The maximum absolute atomic E-state index is 13.3. The Morgan fingerprint density at radius 3 is 2.67 bits per heavy atom. The predicted octanol–water partition coefficient (Wildman–Crippen LogP) is 3.64. The molecule has 1 heterocycles. The van der Waals surface area contributed by atoms with Gasteiger partial charge in [-0.3, -0.25) is 10.4 Å². The van der Waals surface area contributed by atoms with Crippen molar-refractivity contribution < 1.29 is 13.9 Å². The van der Waals surface area contributed by atoms with Crippen molar-refractivity contribution in [2.45, 2.75) is 26.4 Å². The zero-order valence-corrected chi connectivity index (χ0v) is 12.0. The number of rotatable bonds is 3. The molecule has 0 saturated carbocycles. The van der Waals surface area contributed by atoms with Gasteiger partial charge in [-0.2, -0.15) is 5.10 Å². The van der Waals surface area contributed by atoms with Crippen molar-refractivity contribution in [3.8, 4) is 0 Å². The van der Waals surface area contributed by atoms with Crippen molar-refractivity contribution in [3.63, 3.8) is 0 Å². The second kappa shape index (κ2) is 5.82. The predicted molar refractivity (Wildman–Crippen MR) is 78.1 cm³/mol. The van der Waals surface area contributed by atoms with Crippen LogP contribution < -0.4 is 10.6 Å². The molecule has 0 aliphatic rings. The van der Waals surface area contributed by atoms with E-state index in [0.717, 1.165) is 6.20 Å². The van der Waals surface area contributed by atoms with Gasteiger partial charge in [0, 0.05) is 11.4 Å². The molecule has 0 aliphatic heterocycles. The van der Waals surface area contributed by atoms with Crippen LogP contribution in [-0.2, 0) is 4.74 Å². The summed E-state index contributed by atoms with van der Waals surface area (Å²) in [7, 11) is 0. The molecule has 21 heavy (non-hydrogen) atoms. The van der Waals surface area contributed by atoms with Crippen LogP contribution in [0.1, 0.15) is 20.8 Å². The van der Waals surface area contributed by atoms with Crippen LogP contribution in [0, 0.1) is 5.82 Å². The third kappa shape index (κ3) is 4.48. The fourth-order valence-electron chi connectivity index (χ4n) is 1.60. The van der Waals surface area contributed by atoms with Crippen molar-refractivity contribution in [2.24, 2.45) is 0 Å². The highest BCUT2D eigenvalue weighted by molar-refractivity contribution is 5.85. The minimum absolute atomic E-state index is 0.157. The second-order valence-corrected chi connectivity index (χ2v) is 5.43. The first-order valence-corrected chi connectivity index (χ1v) is 6.39. The van der Waals surface area contributed by atoms with Crippen molar-refractivity contribution in [3.05, 3.63) is 36.3 Å². The number of H-pyrrole nitrogens is 1. The summed E-state index contributed by atoms with van der Waals surface area (Å²) in [5, 5.41) is 11.5. The molecular formula is C14H17FN4O2. The number of carbonyl (C=O) groups excluding carboxylic acids is 1. The number of benzene rings is 1. The van der Waals surface area contributed by atoms with Gasteiger partial charge in [-0.05, 0) is 39.0 Å². The van der Waals surface area contributed by atoms with Gasteiger partial charge in [-0.1, -0.05) is 6.07 Å². The molecule has 2 aromatic rings. The topological polar surface area (TPSA) is 79.0 Å². The average molecular weight is 292 g/mol. The highest BCUT2D eigenvalue weighted by atomic mass is 19.1. The monoisotopic (exact) mass is 292 g/mol. The Labute approximate surface area is 121 Å². The third-order valence-corrected chi connectivity index (χ3v) is 2.37. The molecule has 0 unspecified atom stereocenters. The van der Waals surface area contributed by atoms with Gasteiger partial charge in [0.15, 0.2) is 11.6 Å². The number of aromatic amines is 1. The lowest BCUT2D eigenvalue weighted by molar-refractivity contribution is 0.0636. The van der Waals surface area contributed by atoms with Crippen LogP contribution in [0.25, 0.3) is 0 Å². The maximum Gasteiger partial charge on any atom is 0.412 e. The Morgan fingerprint density at radius 1 is 1.33 bits per heavy atom. The molecule has 0 spiro atoms. The van der Waals surface area contributed by atoms with E-state index < -0.39 is 17.5 Å². The van der Waals surface area contributed by atoms with E-state index in [4.69, 9.17) is 4.74 Å². The second-order valence-electron chi connectivity index (χ2n) is 5.43. The number of nitrogens with zero attached hydrogens (tertiary/aromatic N) is 1. The summed E-state index contributed by atoms with van der Waals surface area (Å²) in [6.07, 6.45) is 0.526. The zero-order valence-electron chi connectivity index (χ0n) is 12.0. The lowest BCUT2D eigenvalue weighted by Crippen LogP contribution is -2.27. The minimum atomic E-state index is -0.570. The van der Waals surface area contributed by atoms with Crippen molar-refractivity contribution in [2.75, 3.05) is 10.6 Å². The Hall–Kier alpha value is -2.57. The third-order valence-electron chi connectivity index (χ3n) is 2.37. The lowest BCUT2D eigenvalue weighted by atomic mass is 10.2. The highest BCUT2D eigenvalue weighted by Crippen LogP contribution is 2.21. The standard InChI is InChI=1S/C14H17FN4O2/c1-14(2,3)21-13(20)18-10-6-4-5-9(7-10)17-12-11(15)8-16-19-12/h4-8H,1-3H3,(H,18,20)(H2,16,17,19). The van der Waals surface area contributed by atoms with Crippen LogP contribution in [0.15, 0.2) is 30.5 Å². The Balaban J connectivity index is 2.04. The van der Waals surface area contributed by atoms with Crippen molar-refractivity contribution in [1.29, 1.82) is 0 Å². The summed E-state index contributed by atoms with van der Waals surface area (Å²) in [6, 6.07) is 6.83. The van der Waals surface area contributed by atoms with Crippen LogP contribution in [0.4, 0.5) is 26.4 Å². The maximum atomic E-state index is 13.3. The molecule has 112 valence electrons. The molecule has 0 saturated heterocycles. The smallest absolute Gasteiger partial charge is 0.412 e. The number of halogens is 1. The van der Waals surface area contributed by atoms with Crippen LogP contribution in [0.3, 0.4) is 0 Å². The molecule has 0 atom stereocenters. The van der Waals surface area contributed by atoms with Crippen molar-refractivity contribution in [1.82, 2.24) is 10.2 Å². The SMILES string of the molecule is CC(C)(C)OC(=O)Nc1cccc(Nc2[nH]ncc2F)c1. The minimum Gasteiger partial charge on any atom is -0.444 e. The number of aromatic nitrogens is 2. The molecule has 1 aromatic carbocycles. The fourth-order valence-corrected chi connectivity index (χ4v) is 1.60. The number of amides is 1. The number of carbonyl (C=O) groups is 1. The first kappa shape index (κ1) is 14.8. The summed E-state index contributed by atoms with van der Waals surface area (Å²) in [4.78, 5) is 11.7. The molecule has 3 N–H and O–H groups in total. The molecule has 2 rings (SSSR count). The number of ether oxygens (including phenoxy) is 1. The first-order chi connectivity index (χ1) is 9.83. The summed E-state index contributed by atoms with van der Waals surface area (Å²) >= 11 is 0. The van der Waals surface area contributed by atoms with Gasteiger partial charge in [0.1, 0.15) is 5.60 Å². The molecule has 7 heteroatoms. The number of hydrogen-bond acceptors (Lipinski definition) is 4. The Morgan fingerprint density at radius 2 is 2.05 bits per heavy atom. The van der Waals surface area contributed by atoms with Gasteiger partial charge in [0.2, 0.25) is 0 Å². The number of anilines is 3. The van der Waals surface area contributed by atoms with E-state index in [-0.39, 0.29) is 5.82 Å². The van der Waals surface area contributed by atoms with Gasteiger partial charge >= 0.3 is 6.09 Å². The molecule has 0 radical (unpaired) electrons. The van der Waals surface area contributed by atoms with Gasteiger partial charge in [0.05, 0.1) is 6.20 Å². The molecule has 0 aliphatic carbocycles. The summed E-state index contributed by atoms with van der Waals surface area (Å²) in [5.74, 6) is -0.329. The molecular weight excluding hydrogens is 275 g/mol. The molecule has 0 bridgehead atoms. The van der Waals surface area contributed by atoms with Crippen molar-refractivity contribution >= 4 is 23.3 Å². The Bertz CT molecular complexity index is 634. The van der Waals surface area contributed by atoms with Crippen LogP contribution in [0.5, 0.6) is 0 Å². The summed E-state index contributed by atoms with van der Waals surface area (Å²) < 4.78 is 18.4. The molecule has 1 aromatic heterocycles. The van der Waals surface area contributed by atoms with E-state index in [1.54, 1.807) is 45.0 Å². The fraction of sp³-hybridized carbons (Fsp3) is 0.286. The normalized spacial score (nSPS) is 11.0. The van der Waals surface area contributed by atoms with Crippen LogP contribution in [-0.4, -0.2) is 21.9 Å². The van der Waals surface area contributed by atoms with E-state index in [9.17, 15) is 9.18 Å². The summed E-state index contributed by atoms with van der Waals surface area (Å²) in [5.41, 5.74) is 0.569. The van der Waals surface area contributed by atoms with E-state index >= 15 is 0 Å². The lowest BCUT2D eigenvalue weighted by Gasteiger charge is -2.19. The first-order valence-electron chi connectivity index (χ1n) is 6.39. The number of nitrogens with one attached hydrogen (secondary N) is 3. The largest absolute Gasteiger partial charge is 0.444 e. The van der Waals surface area contributed by atoms with Crippen LogP contribution >= 0.6 is 0 Å². The van der Waals surface area contributed by atoms with Crippen LogP contribution in [0.2, 0.25) is 0 Å². The van der Waals surface area contributed by atoms with E-state index in [0.29, 0.717) is 11.4 Å². The van der Waals surface area contributed by atoms with E-state index in [1.165, 1.54) is 0 Å². The van der Waals surface area contributed by atoms with Gasteiger partial charge < -0.3 is 10.1 Å². The zero-order chi connectivity index (χ0) is 15.5. The quantitative estimate of drug-likeness (QED) is 0.807. The average Bonchev–Trinajstić information content (AvgIpc) is 2.73. The Kier molecular flexibility index (Phi) is 4.11. The van der Waals surface area contributed by atoms with E-state index in [2.05, 4.69) is 20.8 Å². The van der Waals surface area contributed by atoms with Gasteiger partial charge in [-0.15, -0.1) is 0 Å². The molecule has 6 nitrogen and oxygen atoms in total. The van der Waals surface area contributed by atoms with Gasteiger partial charge in [-0.25, -0.2) is 9.18 Å². The molecule has 1 amide bonds. The van der Waals surface area contributed by atoms with E-state index in [1.807, 2.05) is 0 Å².